The minimum Gasteiger partial charge on any atom is -0.243 e. The van der Waals surface area contributed by atoms with Crippen molar-refractivity contribution in [3.8, 4) is 0 Å². The predicted octanol–water partition coefficient (Wildman–Crippen LogP) is 1.06. The molecule has 1 N–H and O–H groups in total. The van der Waals surface area contributed by atoms with E-state index >= 15 is 0 Å². The van der Waals surface area contributed by atoms with Crippen molar-refractivity contribution in [2.45, 2.75) is 32.2 Å². The van der Waals surface area contributed by atoms with E-state index in [1.165, 1.54) is 19.3 Å². The summed E-state index contributed by atoms with van der Waals surface area (Å²) in [7, 11) is -0.834. The third-order valence-electron chi connectivity index (χ3n) is 2.21. The molecule has 0 aliphatic heterocycles. The summed E-state index contributed by atoms with van der Waals surface area (Å²) in [6, 6.07) is 0.444. The zero-order valence-corrected chi connectivity index (χ0v) is 7.41. The van der Waals surface area contributed by atoms with Crippen molar-refractivity contribution in [1.82, 2.24) is 4.72 Å². The molecule has 0 unspecified atom stereocenters. The first-order valence-corrected chi connectivity index (χ1v) is 5.35. The second-order valence-corrected chi connectivity index (χ2v) is 4.20. The van der Waals surface area contributed by atoms with Crippen molar-refractivity contribution in [2.24, 2.45) is 5.92 Å². The fourth-order valence-corrected chi connectivity index (χ4v) is 2.01. The van der Waals surface area contributed by atoms with Gasteiger partial charge in [-0.2, -0.15) is 0 Å². The lowest BCUT2D eigenvalue weighted by molar-refractivity contribution is 0.262. The van der Waals surface area contributed by atoms with Crippen LogP contribution in [0.2, 0.25) is 0 Å². The van der Waals surface area contributed by atoms with Gasteiger partial charge in [0.15, 0.2) is 0 Å². The standard InChI is InChI=1S/C7H15NOS/c1-6(8-10(2)9)7-4-3-5-7/h6-8H,3-5H2,1-2H3/t6-,10+/m0/s1. The summed E-state index contributed by atoms with van der Waals surface area (Å²) >= 11 is 0. The molecule has 0 aromatic carbocycles. The Morgan fingerprint density at radius 2 is 2.20 bits per heavy atom. The fraction of sp³-hybridized carbons (Fsp3) is 1.00. The second kappa shape index (κ2) is 3.49. The molecule has 0 amide bonds. The molecule has 0 spiro atoms. The van der Waals surface area contributed by atoms with Crippen LogP contribution in [0, 0.1) is 5.92 Å². The van der Waals surface area contributed by atoms with Gasteiger partial charge in [-0.25, -0.2) is 8.93 Å². The Morgan fingerprint density at radius 1 is 1.60 bits per heavy atom. The molecule has 1 aliphatic rings. The summed E-state index contributed by atoms with van der Waals surface area (Å²) in [5.74, 6) is 0.781. The van der Waals surface area contributed by atoms with Crippen LogP contribution in [0.4, 0.5) is 0 Å². The third-order valence-corrected chi connectivity index (χ3v) is 2.91. The van der Waals surface area contributed by atoms with E-state index in [0.717, 1.165) is 5.92 Å². The smallest absolute Gasteiger partial charge is 0.0886 e. The molecule has 1 rings (SSSR count). The predicted molar refractivity (Wildman–Crippen MR) is 44.0 cm³/mol. The Hall–Kier alpha value is 0.110. The monoisotopic (exact) mass is 161 g/mol. The Morgan fingerprint density at radius 3 is 2.50 bits per heavy atom. The first kappa shape index (κ1) is 8.21. The van der Waals surface area contributed by atoms with Gasteiger partial charge in [-0.3, -0.25) is 0 Å². The molecule has 10 heavy (non-hydrogen) atoms. The molecule has 1 saturated carbocycles. The van der Waals surface area contributed by atoms with Crippen LogP contribution < -0.4 is 4.72 Å². The normalized spacial score (nSPS) is 25.4. The topological polar surface area (TPSA) is 29.1 Å². The average Bonchev–Trinajstić information content (AvgIpc) is 1.55. The molecule has 1 fully saturated rings. The van der Waals surface area contributed by atoms with E-state index in [0.29, 0.717) is 6.04 Å². The van der Waals surface area contributed by atoms with Gasteiger partial charge < -0.3 is 0 Å². The Labute approximate surface area is 65.0 Å². The van der Waals surface area contributed by atoms with Crippen molar-refractivity contribution in [3.05, 3.63) is 0 Å². The van der Waals surface area contributed by atoms with E-state index in [1.807, 2.05) is 0 Å². The lowest BCUT2D eigenvalue weighted by Crippen LogP contribution is -2.37. The number of nitrogens with one attached hydrogen (secondary N) is 1. The molecule has 60 valence electrons. The Kier molecular flexibility index (Phi) is 2.86. The highest BCUT2D eigenvalue weighted by molar-refractivity contribution is 7.82. The maximum absolute atomic E-state index is 10.7. The zero-order valence-electron chi connectivity index (χ0n) is 6.59. The molecule has 0 heterocycles. The van der Waals surface area contributed by atoms with Crippen LogP contribution in [0.1, 0.15) is 26.2 Å². The van der Waals surface area contributed by atoms with Gasteiger partial charge in [-0.05, 0) is 25.7 Å². The number of hydrogen-bond acceptors (Lipinski definition) is 1. The number of rotatable bonds is 3. The van der Waals surface area contributed by atoms with Crippen LogP contribution >= 0.6 is 0 Å². The molecule has 0 radical (unpaired) electrons. The Balaban J connectivity index is 2.19. The fourth-order valence-electron chi connectivity index (χ4n) is 1.30. The van der Waals surface area contributed by atoms with E-state index in [9.17, 15) is 4.21 Å². The van der Waals surface area contributed by atoms with Crippen molar-refractivity contribution < 1.29 is 4.21 Å². The van der Waals surface area contributed by atoms with Crippen molar-refractivity contribution in [1.29, 1.82) is 0 Å². The van der Waals surface area contributed by atoms with Crippen LogP contribution in [0.15, 0.2) is 0 Å². The van der Waals surface area contributed by atoms with Crippen molar-refractivity contribution in [3.63, 3.8) is 0 Å². The molecule has 0 saturated heterocycles. The lowest BCUT2D eigenvalue weighted by atomic mass is 9.81. The minimum absolute atomic E-state index is 0.444. The third kappa shape index (κ3) is 2.06. The van der Waals surface area contributed by atoms with Crippen LogP contribution in [-0.2, 0) is 11.0 Å². The van der Waals surface area contributed by atoms with Gasteiger partial charge >= 0.3 is 0 Å². The molecule has 0 bridgehead atoms. The van der Waals surface area contributed by atoms with Gasteiger partial charge in [-0.1, -0.05) is 6.42 Å². The van der Waals surface area contributed by atoms with Crippen molar-refractivity contribution >= 4 is 11.0 Å². The van der Waals surface area contributed by atoms with E-state index in [2.05, 4.69) is 11.6 Å². The van der Waals surface area contributed by atoms with E-state index < -0.39 is 11.0 Å². The second-order valence-electron chi connectivity index (χ2n) is 3.05. The first-order valence-electron chi connectivity index (χ1n) is 3.79. The van der Waals surface area contributed by atoms with E-state index in [1.54, 1.807) is 6.26 Å². The first-order chi connectivity index (χ1) is 4.70. The van der Waals surface area contributed by atoms with Gasteiger partial charge in [0.1, 0.15) is 0 Å². The molecule has 2 nitrogen and oxygen atoms in total. The highest BCUT2D eigenvalue weighted by Crippen LogP contribution is 2.29. The maximum atomic E-state index is 10.7. The van der Waals surface area contributed by atoms with Gasteiger partial charge in [0.2, 0.25) is 0 Å². The van der Waals surface area contributed by atoms with Gasteiger partial charge in [0, 0.05) is 12.3 Å². The minimum atomic E-state index is -0.834. The van der Waals surface area contributed by atoms with Crippen molar-refractivity contribution in [2.75, 3.05) is 6.26 Å². The Bertz CT molecular complexity index is 134. The molecular formula is C7H15NOS. The molecule has 0 aromatic heterocycles. The zero-order chi connectivity index (χ0) is 7.56. The van der Waals surface area contributed by atoms with Crippen LogP contribution in [0.5, 0.6) is 0 Å². The SMILES string of the molecule is C[C@H](N[S@@](C)=O)C1CCC1. The number of hydrogen-bond donors (Lipinski definition) is 1. The summed E-state index contributed by atoms with van der Waals surface area (Å²) in [5.41, 5.74) is 0. The summed E-state index contributed by atoms with van der Waals surface area (Å²) in [6.07, 6.45) is 5.67. The molecule has 2 atom stereocenters. The summed E-state index contributed by atoms with van der Waals surface area (Å²) in [6.45, 7) is 2.12. The van der Waals surface area contributed by atoms with Gasteiger partial charge in [-0.15, -0.1) is 0 Å². The molecular weight excluding hydrogens is 146 g/mol. The maximum Gasteiger partial charge on any atom is 0.0886 e. The van der Waals surface area contributed by atoms with Crippen LogP contribution in [0.25, 0.3) is 0 Å². The lowest BCUT2D eigenvalue weighted by Gasteiger charge is -2.31. The molecule has 1 aliphatic carbocycles. The molecule has 3 heteroatoms. The highest BCUT2D eigenvalue weighted by Gasteiger charge is 2.23. The van der Waals surface area contributed by atoms with Crippen LogP contribution in [0.3, 0.4) is 0 Å². The largest absolute Gasteiger partial charge is 0.243 e. The van der Waals surface area contributed by atoms with Gasteiger partial charge in [0.25, 0.3) is 0 Å². The van der Waals surface area contributed by atoms with E-state index in [4.69, 9.17) is 0 Å². The quantitative estimate of drug-likeness (QED) is 0.659. The van der Waals surface area contributed by atoms with Gasteiger partial charge in [0.05, 0.1) is 11.0 Å². The summed E-state index contributed by atoms with van der Waals surface area (Å²) < 4.78 is 13.7. The van der Waals surface area contributed by atoms with E-state index in [-0.39, 0.29) is 0 Å². The van der Waals surface area contributed by atoms with Crippen LogP contribution in [-0.4, -0.2) is 16.5 Å². The highest BCUT2D eigenvalue weighted by atomic mass is 32.2. The molecule has 0 aromatic rings. The average molecular weight is 161 g/mol. The summed E-state index contributed by atoms with van der Waals surface area (Å²) in [4.78, 5) is 0. The summed E-state index contributed by atoms with van der Waals surface area (Å²) in [5, 5.41) is 0.